The fourth-order valence-electron chi connectivity index (χ4n) is 8.85. The quantitative estimate of drug-likeness (QED) is 0.0832. The SMILES string of the molecule is C=CS(=O)(=O)N[C@H]1CCc2c(-c3nnc(-c4ccc(OC(C)C)c(C#N)c4)s3)cccc21.CC(C)Oc1ccc(-c2nnc(-c3cccc4c3CC[C@@H]4NS(=O)(=O)CCN3CC[C@@H](O)C3)s2)cc1C#N. The molecule has 1 fully saturated rings. The van der Waals surface area contributed by atoms with Crippen LogP contribution in [0.1, 0.15) is 92.4 Å². The first-order valence-electron chi connectivity index (χ1n) is 22.9. The van der Waals surface area contributed by atoms with Crippen LogP contribution in [-0.2, 0) is 32.9 Å². The zero-order valence-corrected chi connectivity index (χ0v) is 42.4. The smallest absolute Gasteiger partial charge is 0.233 e. The molecule has 2 aliphatic carbocycles. The second kappa shape index (κ2) is 21.6. The van der Waals surface area contributed by atoms with Gasteiger partial charge in [0.2, 0.25) is 20.0 Å². The molecule has 0 saturated carbocycles. The Labute approximate surface area is 416 Å². The lowest BCUT2D eigenvalue weighted by Gasteiger charge is -2.18. The van der Waals surface area contributed by atoms with Gasteiger partial charge < -0.3 is 14.6 Å². The summed E-state index contributed by atoms with van der Waals surface area (Å²) in [4.78, 5) is 1.99. The highest BCUT2D eigenvalue weighted by Gasteiger charge is 2.31. The second-order valence-corrected chi connectivity index (χ2v) is 23.2. The Bertz CT molecular complexity index is 3210. The molecule has 16 nitrogen and oxygen atoms in total. The van der Waals surface area contributed by atoms with Crippen molar-refractivity contribution in [2.75, 3.05) is 25.4 Å². The van der Waals surface area contributed by atoms with Crippen molar-refractivity contribution in [3.8, 4) is 65.9 Å². The minimum atomic E-state index is -3.52. The van der Waals surface area contributed by atoms with E-state index in [1.54, 1.807) is 24.3 Å². The number of likely N-dealkylation sites (tertiary alicyclic amines) is 1. The molecule has 20 heteroatoms. The van der Waals surface area contributed by atoms with Gasteiger partial charge in [0.15, 0.2) is 0 Å². The van der Waals surface area contributed by atoms with Gasteiger partial charge in [-0.3, -0.25) is 4.90 Å². The lowest BCUT2D eigenvalue weighted by molar-refractivity contribution is 0.178. The van der Waals surface area contributed by atoms with E-state index in [4.69, 9.17) is 9.47 Å². The number of hydrogen-bond donors (Lipinski definition) is 3. The number of nitriles is 2. The number of benzene rings is 4. The van der Waals surface area contributed by atoms with Crippen LogP contribution in [0.2, 0.25) is 0 Å². The van der Waals surface area contributed by atoms with Crippen molar-refractivity contribution in [3.05, 3.63) is 118 Å². The van der Waals surface area contributed by atoms with Crippen LogP contribution < -0.4 is 18.9 Å². The predicted molar refractivity (Wildman–Crippen MR) is 271 cm³/mol. The summed E-state index contributed by atoms with van der Waals surface area (Å²) < 4.78 is 66.5. The van der Waals surface area contributed by atoms with Gasteiger partial charge in [0.1, 0.15) is 43.7 Å². The van der Waals surface area contributed by atoms with Gasteiger partial charge in [-0.05, 0) is 118 Å². The van der Waals surface area contributed by atoms with Crippen molar-refractivity contribution in [1.82, 2.24) is 34.7 Å². The van der Waals surface area contributed by atoms with E-state index in [2.05, 4.69) is 48.6 Å². The number of aromatic nitrogens is 4. The van der Waals surface area contributed by atoms with Crippen molar-refractivity contribution in [2.24, 2.45) is 0 Å². The Hall–Kier alpha value is -5.94. The monoisotopic (exact) mass is 1020 g/mol. The molecular formula is C50H53N9O7S4. The fourth-order valence-corrected chi connectivity index (χ4v) is 12.7. The number of rotatable bonds is 16. The molecule has 1 saturated heterocycles. The summed E-state index contributed by atoms with van der Waals surface area (Å²) in [5.74, 6) is 1.10. The first-order chi connectivity index (χ1) is 33.5. The lowest BCUT2D eigenvalue weighted by atomic mass is 10.0. The summed E-state index contributed by atoms with van der Waals surface area (Å²) in [5, 5.41) is 50.1. The van der Waals surface area contributed by atoms with Crippen molar-refractivity contribution >= 4 is 42.7 Å². The normalized spacial score (nSPS) is 17.6. The Balaban J connectivity index is 0.000000191. The van der Waals surface area contributed by atoms with Gasteiger partial charge in [0.05, 0.1) is 35.2 Å². The van der Waals surface area contributed by atoms with E-state index in [1.165, 1.54) is 22.7 Å². The van der Waals surface area contributed by atoms with Crippen LogP contribution in [0.5, 0.6) is 11.5 Å². The predicted octanol–water partition coefficient (Wildman–Crippen LogP) is 8.09. The number of fused-ring (bicyclic) bond motifs is 2. The number of ether oxygens (including phenoxy) is 2. The van der Waals surface area contributed by atoms with Crippen LogP contribution in [0.15, 0.2) is 84.8 Å². The van der Waals surface area contributed by atoms with E-state index in [1.807, 2.05) is 81.1 Å². The molecule has 9 rings (SSSR count). The van der Waals surface area contributed by atoms with Gasteiger partial charge in [0.25, 0.3) is 0 Å². The van der Waals surface area contributed by atoms with Gasteiger partial charge in [-0.1, -0.05) is 65.7 Å². The lowest BCUT2D eigenvalue weighted by Crippen LogP contribution is -2.35. The molecule has 3 aliphatic rings. The average molecular weight is 1020 g/mol. The number of aliphatic hydroxyl groups is 1. The number of nitrogens with zero attached hydrogens (tertiary/aromatic N) is 7. The zero-order chi connectivity index (χ0) is 49.7. The van der Waals surface area contributed by atoms with E-state index in [-0.39, 0.29) is 36.1 Å². The van der Waals surface area contributed by atoms with E-state index >= 15 is 0 Å². The molecule has 0 radical (unpaired) electrons. The molecule has 3 heterocycles. The molecule has 2 aromatic heterocycles. The van der Waals surface area contributed by atoms with E-state index < -0.39 is 20.0 Å². The second-order valence-electron chi connectivity index (χ2n) is 17.7. The van der Waals surface area contributed by atoms with Crippen LogP contribution in [0, 0.1) is 22.7 Å². The molecular weight excluding hydrogens is 967 g/mol. The summed E-state index contributed by atoms with van der Waals surface area (Å²) in [6.07, 6.45) is 3.11. The molecule has 4 aromatic carbocycles. The number of sulfonamides is 2. The Kier molecular flexibility index (Phi) is 15.6. The van der Waals surface area contributed by atoms with Crippen molar-refractivity contribution in [1.29, 1.82) is 10.5 Å². The van der Waals surface area contributed by atoms with Crippen LogP contribution >= 0.6 is 22.7 Å². The first kappa shape index (κ1) is 50.4. The number of hydrogen-bond acceptors (Lipinski definition) is 16. The Morgan fingerprint density at radius 1 is 0.743 bits per heavy atom. The van der Waals surface area contributed by atoms with Gasteiger partial charge in [-0.25, -0.2) is 26.3 Å². The van der Waals surface area contributed by atoms with Crippen molar-refractivity contribution in [3.63, 3.8) is 0 Å². The van der Waals surface area contributed by atoms with E-state index in [0.29, 0.717) is 65.0 Å². The standard InChI is InChI=1S/C27H31N5O4S2.C23H22N4O3S2/c1-17(2)36-25-9-6-18(14-19(25)15-28)26-29-30-27(37-26)23-5-3-4-22-21(23)7-8-24(22)31-38(34,35)13-12-32-11-10-20(33)16-32;1-4-32(28,29)27-20-10-9-17-18(20)6-5-7-19(17)23-26-25-22(31-23)15-8-11-21(30-14(2)3)16(12-15)13-24/h3-6,9,14,17,20,24,31,33H,7-8,10-13,16H2,1-2H3;4-8,11-12,14,20,27H,1,9-10H2,2-3H3/t20-,24+;20-/m10/s1. The Morgan fingerprint density at radius 3 is 1.67 bits per heavy atom. The molecule has 0 unspecified atom stereocenters. The molecule has 1 aliphatic heterocycles. The fraction of sp³-hybridized carbons (Fsp3) is 0.360. The number of aliphatic hydroxyl groups excluding tert-OH is 1. The van der Waals surface area contributed by atoms with Crippen LogP contribution in [0.25, 0.3) is 42.3 Å². The maximum atomic E-state index is 12.8. The number of β-amino-alcohol motifs (C(OH)–C–C–N with tert-alkyl or cyclic N) is 1. The van der Waals surface area contributed by atoms with Crippen LogP contribution in [0.3, 0.4) is 0 Å². The van der Waals surface area contributed by atoms with Crippen molar-refractivity contribution in [2.45, 2.75) is 90.2 Å². The summed E-state index contributed by atoms with van der Waals surface area (Å²) >= 11 is 2.88. The van der Waals surface area contributed by atoms with Gasteiger partial charge in [-0.15, -0.1) is 20.4 Å². The van der Waals surface area contributed by atoms with Gasteiger partial charge >= 0.3 is 0 Å². The minimum Gasteiger partial charge on any atom is -0.490 e. The molecule has 364 valence electrons. The van der Waals surface area contributed by atoms with Gasteiger partial charge in [-0.2, -0.15) is 10.5 Å². The highest BCUT2D eigenvalue weighted by atomic mass is 32.2. The molecule has 70 heavy (non-hydrogen) atoms. The molecule has 0 bridgehead atoms. The highest BCUT2D eigenvalue weighted by molar-refractivity contribution is 7.92. The number of nitrogens with one attached hydrogen (secondary N) is 2. The third-order valence-corrected chi connectivity index (χ3v) is 16.5. The highest BCUT2D eigenvalue weighted by Crippen LogP contribution is 2.42. The summed E-state index contributed by atoms with van der Waals surface area (Å²) in [5.41, 5.74) is 8.49. The third kappa shape index (κ3) is 11.8. The van der Waals surface area contributed by atoms with Crippen LogP contribution in [0.4, 0.5) is 0 Å². The molecule has 0 spiro atoms. The summed E-state index contributed by atoms with van der Waals surface area (Å²) in [7, 11) is -7.00. The largest absolute Gasteiger partial charge is 0.490 e. The molecule has 0 amide bonds. The summed E-state index contributed by atoms with van der Waals surface area (Å²) in [6.45, 7) is 12.7. The maximum absolute atomic E-state index is 12.8. The molecule has 3 N–H and O–H groups in total. The van der Waals surface area contributed by atoms with Gasteiger partial charge in [0, 0.05) is 59.4 Å². The first-order valence-corrected chi connectivity index (χ1v) is 27.8. The maximum Gasteiger partial charge on any atom is 0.233 e. The topological polar surface area (TPSA) is 233 Å². The average Bonchev–Trinajstić information content (AvgIpc) is 4.21. The minimum absolute atomic E-state index is 0.0106. The van der Waals surface area contributed by atoms with Crippen LogP contribution in [-0.4, -0.2) is 90.9 Å². The molecule has 3 atom stereocenters. The van der Waals surface area contributed by atoms with E-state index in [9.17, 15) is 32.5 Å². The third-order valence-electron chi connectivity index (χ3n) is 12.0. The Morgan fingerprint density at radius 2 is 1.23 bits per heavy atom. The molecule has 6 aromatic rings. The van der Waals surface area contributed by atoms with E-state index in [0.717, 1.165) is 79.3 Å². The zero-order valence-electron chi connectivity index (χ0n) is 39.1. The summed E-state index contributed by atoms with van der Waals surface area (Å²) in [6, 6.07) is 26.4. The van der Waals surface area contributed by atoms with Crippen molar-refractivity contribution < 1.29 is 31.4 Å².